The van der Waals surface area contributed by atoms with Crippen LogP contribution in [0.15, 0.2) is 28.8 Å². The van der Waals surface area contributed by atoms with Gasteiger partial charge in [0, 0.05) is 12.0 Å². The minimum Gasteiger partial charge on any atom is -0.339 e. The van der Waals surface area contributed by atoms with E-state index >= 15 is 0 Å². The largest absolute Gasteiger partial charge is 0.339 e. The molecule has 0 saturated carbocycles. The number of benzene rings is 1. The van der Waals surface area contributed by atoms with Crippen LogP contribution in [-0.2, 0) is 6.42 Å². The van der Waals surface area contributed by atoms with E-state index in [1.165, 1.54) is 5.56 Å². The third kappa shape index (κ3) is 3.19. The van der Waals surface area contributed by atoms with Gasteiger partial charge in [0.1, 0.15) is 0 Å². The van der Waals surface area contributed by atoms with Crippen molar-refractivity contribution in [1.82, 2.24) is 10.1 Å². The molecular formula is C15H17N3O. The second-order valence-electron chi connectivity index (χ2n) is 5.02. The first-order valence-corrected chi connectivity index (χ1v) is 6.42. The second kappa shape index (κ2) is 5.66. The normalized spacial score (nSPS) is 12.4. The van der Waals surface area contributed by atoms with E-state index in [2.05, 4.69) is 42.2 Å². The molecule has 4 heteroatoms. The molecule has 1 aromatic carbocycles. The Balaban J connectivity index is 2.16. The predicted molar refractivity (Wildman–Crippen MR) is 72.3 cm³/mol. The van der Waals surface area contributed by atoms with Gasteiger partial charge in [0.25, 0.3) is 0 Å². The number of nitrogens with zero attached hydrogens (tertiary/aromatic N) is 3. The predicted octanol–water partition coefficient (Wildman–Crippen LogP) is 3.56. The van der Waals surface area contributed by atoms with Crippen LogP contribution in [0.1, 0.15) is 38.1 Å². The third-order valence-electron chi connectivity index (χ3n) is 3.00. The van der Waals surface area contributed by atoms with Crippen LogP contribution in [0.4, 0.5) is 0 Å². The minimum atomic E-state index is -0.114. The van der Waals surface area contributed by atoms with Crippen molar-refractivity contribution in [3.63, 3.8) is 0 Å². The van der Waals surface area contributed by atoms with Crippen molar-refractivity contribution < 1.29 is 4.52 Å². The maximum atomic E-state index is 8.76. The Morgan fingerprint density at radius 2 is 1.89 bits per heavy atom. The SMILES string of the molecule is CC(C#N)Cc1nc(-c2ccc(C(C)C)cc2)no1. The molecule has 0 amide bonds. The first-order chi connectivity index (χ1) is 9.10. The highest BCUT2D eigenvalue weighted by molar-refractivity contribution is 5.54. The van der Waals surface area contributed by atoms with Crippen LogP contribution in [0.2, 0.25) is 0 Å². The average molecular weight is 255 g/mol. The fraction of sp³-hybridized carbons (Fsp3) is 0.400. The van der Waals surface area contributed by atoms with Crippen LogP contribution in [-0.4, -0.2) is 10.1 Å². The molecule has 0 saturated heterocycles. The van der Waals surface area contributed by atoms with E-state index in [9.17, 15) is 0 Å². The van der Waals surface area contributed by atoms with Gasteiger partial charge in [-0.05, 0) is 18.4 Å². The Morgan fingerprint density at radius 3 is 2.47 bits per heavy atom. The zero-order chi connectivity index (χ0) is 13.8. The zero-order valence-corrected chi connectivity index (χ0v) is 11.4. The standard InChI is InChI=1S/C15H17N3O/c1-10(2)12-4-6-13(7-5-12)15-17-14(19-18-15)8-11(3)9-16/h4-7,10-11H,8H2,1-3H3. The molecule has 19 heavy (non-hydrogen) atoms. The third-order valence-corrected chi connectivity index (χ3v) is 3.00. The van der Waals surface area contributed by atoms with E-state index < -0.39 is 0 Å². The molecule has 98 valence electrons. The van der Waals surface area contributed by atoms with Gasteiger partial charge >= 0.3 is 0 Å². The number of nitriles is 1. The molecule has 2 rings (SSSR count). The van der Waals surface area contributed by atoms with E-state index in [0.29, 0.717) is 24.1 Å². The number of hydrogen-bond donors (Lipinski definition) is 0. The molecule has 0 aliphatic rings. The topological polar surface area (TPSA) is 62.7 Å². The lowest BCUT2D eigenvalue weighted by molar-refractivity contribution is 0.369. The van der Waals surface area contributed by atoms with Gasteiger partial charge in [0.15, 0.2) is 0 Å². The number of aromatic nitrogens is 2. The van der Waals surface area contributed by atoms with Crippen molar-refractivity contribution in [2.24, 2.45) is 5.92 Å². The molecule has 1 atom stereocenters. The van der Waals surface area contributed by atoms with Crippen molar-refractivity contribution in [3.8, 4) is 17.5 Å². The average Bonchev–Trinajstić information content (AvgIpc) is 2.87. The van der Waals surface area contributed by atoms with Gasteiger partial charge in [0.2, 0.25) is 11.7 Å². The molecule has 1 heterocycles. The Morgan fingerprint density at radius 1 is 1.21 bits per heavy atom. The van der Waals surface area contributed by atoms with Gasteiger partial charge in [-0.15, -0.1) is 0 Å². The molecule has 0 bridgehead atoms. The highest BCUT2D eigenvalue weighted by atomic mass is 16.5. The monoisotopic (exact) mass is 255 g/mol. The quantitative estimate of drug-likeness (QED) is 0.838. The van der Waals surface area contributed by atoms with Crippen molar-refractivity contribution in [1.29, 1.82) is 5.26 Å². The molecule has 0 aliphatic heterocycles. The number of rotatable bonds is 4. The highest BCUT2D eigenvalue weighted by Crippen LogP contribution is 2.21. The Kier molecular flexibility index (Phi) is 3.96. The lowest BCUT2D eigenvalue weighted by Crippen LogP contribution is -1.96. The summed E-state index contributed by atoms with van der Waals surface area (Å²) in [6, 6.07) is 10.3. The van der Waals surface area contributed by atoms with Crippen LogP contribution in [0.3, 0.4) is 0 Å². The first kappa shape index (κ1) is 13.3. The maximum Gasteiger partial charge on any atom is 0.228 e. The molecular weight excluding hydrogens is 238 g/mol. The second-order valence-corrected chi connectivity index (χ2v) is 5.02. The van der Waals surface area contributed by atoms with Gasteiger partial charge in [0.05, 0.1) is 12.0 Å². The molecule has 2 aromatic rings. The zero-order valence-electron chi connectivity index (χ0n) is 11.4. The van der Waals surface area contributed by atoms with Crippen molar-refractivity contribution in [2.75, 3.05) is 0 Å². The van der Waals surface area contributed by atoms with Gasteiger partial charge < -0.3 is 4.52 Å². The maximum absolute atomic E-state index is 8.76. The lowest BCUT2D eigenvalue weighted by Gasteiger charge is -2.04. The van der Waals surface area contributed by atoms with Gasteiger partial charge in [-0.2, -0.15) is 10.2 Å². The Bertz CT molecular complexity index is 578. The van der Waals surface area contributed by atoms with Crippen molar-refractivity contribution in [3.05, 3.63) is 35.7 Å². The van der Waals surface area contributed by atoms with E-state index in [1.54, 1.807) is 0 Å². The summed E-state index contributed by atoms with van der Waals surface area (Å²) < 4.78 is 5.16. The van der Waals surface area contributed by atoms with E-state index in [1.807, 2.05) is 19.1 Å². The summed E-state index contributed by atoms with van der Waals surface area (Å²) in [7, 11) is 0. The van der Waals surface area contributed by atoms with Crippen LogP contribution in [0, 0.1) is 17.2 Å². The Labute approximate surface area is 113 Å². The summed E-state index contributed by atoms with van der Waals surface area (Å²) in [5.74, 6) is 1.48. The molecule has 4 nitrogen and oxygen atoms in total. The Hall–Kier alpha value is -2.15. The van der Waals surface area contributed by atoms with Gasteiger partial charge in [-0.1, -0.05) is 43.3 Å². The fourth-order valence-electron chi connectivity index (χ4n) is 1.78. The highest BCUT2D eigenvalue weighted by Gasteiger charge is 2.11. The summed E-state index contributed by atoms with van der Waals surface area (Å²) in [6.07, 6.45) is 0.494. The van der Waals surface area contributed by atoms with Crippen molar-refractivity contribution >= 4 is 0 Å². The molecule has 0 aliphatic carbocycles. The molecule has 0 radical (unpaired) electrons. The van der Waals surface area contributed by atoms with E-state index in [4.69, 9.17) is 9.78 Å². The molecule has 1 unspecified atom stereocenters. The van der Waals surface area contributed by atoms with Crippen LogP contribution >= 0.6 is 0 Å². The minimum absolute atomic E-state index is 0.114. The first-order valence-electron chi connectivity index (χ1n) is 6.42. The lowest BCUT2D eigenvalue weighted by atomic mass is 10.0. The molecule has 0 spiro atoms. The molecule has 0 N–H and O–H groups in total. The van der Waals surface area contributed by atoms with E-state index in [-0.39, 0.29) is 5.92 Å². The van der Waals surface area contributed by atoms with Crippen LogP contribution in [0.25, 0.3) is 11.4 Å². The summed E-state index contributed by atoms with van der Waals surface area (Å²) in [4.78, 5) is 4.31. The van der Waals surface area contributed by atoms with E-state index in [0.717, 1.165) is 5.56 Å². The van der Waals surface area contributed by atoms with Crippen LogP contribution < -0.4 is 0 Å². The van der Waals surface area contributed by atoms with Gasteiger partial charge in [-0.25, -0.2) is 0 Å². The fourth-order valence-corrected chi connectivity index (χ4v) is 1.78. The molecule has 1 aromatic heterocycles. The van der Waals surface area contributed by atoms with Crippen molar-refractivity contribution in [2.45, 2.75) is 33.1 Å². The summed E-state index contributed by atoms with van der Waals surface area (Å²) >= 11 is 0. The van der Waals surface area contributed by atoms with Crippen LogP contribution in [0.5, 0.6) is 0 Å². The smallest absolute Gasteiger partial charge is 0.228 e. The summed E-state index contributed by atoms with van der Waals surface area (Å²) in [6.45, 7) is 6.15. The molecule has 0 fully saturated rings. The van der Waals surface area contributed by atoms with Gasteiger partial charge in [-0.3, -0.25) is 0 Å². The number of hydrogen-bond acceptors (Lipinski definition) is 4. The summed E-state index contributed by atoms with van der Waals surface area (Å²) in [5, 5.41) is 12.7. The summed E-state index contributed by atoms with van der Waals surface area (Å²) in [5.41, 5.74) is 2.22.